The van der Waals surface area contributed by atoms with Crippen molar-refractivity contribution in [2.24, 2.45) is 15.7 Å². The Morgan fingerprint density at radius 1 is 1.30 bits per heavy atom. The molecule has 8 heteroatoms. The van der Waals surface area contributed by atoms with Crippen LogP contribution in [-0.2, 0) is 0 Å². The summed E-state index contributed by atoms with van der Waals surface area (Å²) < 4.78 is 32.6. The zero-order valence-corrected chi connectivity index (χ0v) is 10.4. The lowest BCUT2D eigenvalue weighted by Gasteiger charge is -2.12. The largest absolute Gasteiger partial charge is 0.494 e. The van der Waals surface area contributed by atoms with Crippen LogP contribution in [0.15, 0.2) is 27.7 Å². The van der Waals surface area contributed by atoms with Crippen LogP contribution in [0.25, 0.3) is 5.70 Å². The van der Waals surface area contributed by atoms with Gasteiger partial charge in [-0.1, -0.05) is 0 Å². The van der Waals surface area contributed by atoms with E-state index in [4.69, 9.17) is 10.5 Å². The molecule has 2 heterocycles. The monoisotopic (exact) mass is 279 g/mol. The van der Waals surface area contributed by atoms with E-state index in [-0.39, 0.29) is 17.1 Å². The number of ether oxygens (including phenoxy) is 1. The molecular formula is C12H11F2N5O. The number of nitrogens with one attached hydrogen (secondary N) is 2. The smallest absolute Gasteiger partial charge is 0.201 e. The highest BCUT2D eigenvalue weighted by Gasteiger charge is 2.31. The minimum atomic E-state index is -1.06. The predicted octanol–water partition coefficient (Wildman–Crippen LogP) is 0.517. The Labute approximate surface area is 113 Å². The molecule has 104 valence electrons. The molecule has 2 aliphatic rings. The fourth-order valence-electron chi connectivity index (χ4n) is 2.12. The second-order valence-corrected chi connectivity index (χ2v) is 4.18. The number of amidine groups is 1. The van der Waals surface area contributed by atoms with E-state index < -0.39 is 17.8 Å². The Kier molecular flexibility index (Phi) is 2.87. The number of nitrogens with zero attached hydrogens (tertiary/aromatic N) is 2. The number of fused-ring (bicyclic) bond motifs is 1. The Morgan fingerprint density at radius 3 is 2.85 bits per heavy atom. The summed E-state index contributed by atoms with van der Waals surface area (Å²) in [5.74, 6) is -2.04. The lowest BCUT2D eigenvalue weighted by atomic mass is 10.0. The molecule has 2 aliphatic heterocycles. The summed E-state index contributed by atoms with van der Waals surface area (Å²) in [5, 5.41) is 0. The lowest BCUT2D eigenvalue weighted by molar-refractivity contribution is 0.371. The second kappa shape index (κ2) is 4.57. The first kappa shape index (κ1) is 12.5. The molecule has 6 nitrogen and oxygen atoms in total. The van der Waals surface area contributed by atoms with Gasteiger partial charge in [0, 0.05) is 5.56 Å². The number of halogens is 2. The molecule has 1 atom stereocenters. The van der Waals surface area contributed by atoms with Crippen LogP contribution in [0.4, 0.5) is 8.78 Å². The number of nitrogens with two attached hydrogens (primary N) is 1. The van der Waals surface area contributed by atoms with E-state index in [1.807, 2.05) is 0 Å². The van der Waals surface area contributed by atoms with Crippen LogP contribution >= 0.6 is 0 Å². The molecule has 0 radical (unpaired) electrons. The molecule has 0 saturated heterocycles. The Hall–Kier alpha value is -2.48. The van der Waals surface area contributed by atoms with E-state index in [9.17, 15) is 8.78 Å². The predicted molar refractivity (Wildman–Crippen MR) is 70.0 cm³/mol. The first-order chi connectivity index (χ1) is 9.63. The highest BCUT2D eigenvalue weighted by Crippen LogP contribution is 2.30. The normalized spacial score (nSPS) is 20.6. The van der Waals surface area contributed by atoms with Crippen molar-refractivity contribution in [2.45, 2.75) is 6.17 Å². The number of benzene rings is 1. The molecular weight excluding hydrogens is 268 g/mol. The molecule has 1 aromatic carbocycles. The topological polar surface area (TPSA) is 84.0 Å². The van der Waals surface area contributed by atoms with Crippen LogP contribution in [-0.4, -0.2) is 25.4 Å². The summed E-state index contributed by atoms with van der Waals surface area (Å²) in [7, 11) is 1.27. The zero-order valence-electron chi connectivity index (χ0n) is 10.4. The molecule has 0 spiro atoms. The van der Waals surface area contributed by atoms with Gasteiger partial charge < -0.3 is 15.9 Å². The third-order valence-electron chi connectivity index (χ3n) is 3.10. The Bertz CT molecular complexity index is 668. The number of aliphatic imine (C=N–C) groups is 2. The minimum Gasteiger partial charge on any atom is -0.494 e. The van der Waals surface area contributed by atoms with Crippen LogP contribution in [0.3, 0.4) is 0 Å². The van der Waals surface area contributed by atoms with Gasteiger partial charge >= 0.3 is 0 Å². The number of hydrogen-bond donors (Lipinski definition) is 3. The van der Waals surface area contributed by atoms with Crippen molar-refractivity contribution < 1.29 is 13.5 Å². The van der Waals surface area contributed by atoms with Crippen molar-refractivity contribution in [1.29, 1.82) is 0 Å². The minimum absolute atomic E-state index is 0.0311. The molecule has 0 amide bonds. The summed E-state index contributed by atoms with van der Waals surface area (Å²) in [4.78, 5) is 7.90. The quantitative estimate of drug-likeness (QED) is 0.737. The maximum Gasteiger partial charge on any atom is 0.201 e. The summed E-state index contributed by atoms with van der Waals surface area (Å²) in [6.45, 7) is 0. The van der Waals surface area contributed by atoms with Crippen molar-refractivity contribution in [3.8, 4) is 5.75 Å². The van der Waals surface area contributed by atoms with Crippen LogP contribution in [0.1, 0.15) is 5.56 Å². The first-order valence-corrected chi connectivity index (χ1v) is 5.77. The molecule has 0 aliphatic carbocycles. The SMILES string of the molecule is COc1ccc(C2=C3C(N)=NC=NC3NN2)c(F)c1F. The number of rotatable bonds is 2. The molecule has 0 fully saturated rings. The van der Waals surface area contributed by atoms with Crippen LogP contribution in [0, 0.1) is 11.6 Å². The van der Waals surface area contributed by atoms with E-state index >= 15 is 0 Å². The van der Waals surface area contributed by atoms with Gasteiger partial charge in [-0.15, -0.1) is 0 Å². The Morgan fingerprint density at radius 2 is 2.10 bits per heavy atom. The maximum atomic E-state index is 14.1. The van der Waals surface area contributed by atoms with Crippen LogP contribution < -0.4 is 21.3 Å². The third-order valence-corrected chi connectivity index (χ3v) is 3.10. The van der Waals surface area contributed by atoms with Gasteiger partial charge in [0.15, 0.2) is 11.6 Å². The average Bonchev–Trinajstić information content (AvgIpc) is 2.87. The highest BCUT2D eigenvalue weighted by atomic mass is 19.2. The van der Waals surface area contributed by atoms with E-state index in [0.717, 1.165) is 0 Å². The van der Waals surface area contributed by atoms with Gasteiger partial charge in [0.25, 0.3) is 0 Å². The standard InChI is InChI=1S/C12H11F2N5O/c1-20-6-3-2-5(8(13)9(6)14)10-7-11(15)16-4-17-12(7)19-18-10/h2-4,12,18-19H,1H3,(H2,15,16,17). The molecule has 1 aromatic rings. The molecule has 1 unspecified atom stereocenters. The molecule has 0 bridgehead atoms. The second-order valence-electron chi connectivity index (χ2n) is 4.18. The molecule has 3 rings (SSSR count). The van der Waals surface area contributed by atoms with E-state index in [0.29, 0.717) is 11.3 Å². The summed E-state index contributed by atoms with van der Waals surface area (Å²) in [5.41, 5.74) is 12.2. The summed E-state index contributed by atoms with van der Waals surface area (Å²) >= 11 is 0. The highest BCUT2D eigenvalue weighted by molar-refractivity contribution is 6.09. The van der Waals surface area contributed by atoms with Crippen molar-refractivity contribution in [1.82, 2.24) is 10.9 Å². The first-order valence-electron chi connectivity index (χ1n) is 5.77. The molecule has 4 N–H and O–H groups in total. The third kappa shape index (κ3) is 1.73. The van der Waals surface area contributed by atoms with Gasteiger partial charge in [-0.3, -0.25) is 0 Å². The van der Waals surface area contributed by atoms with E-state index in [2.05, 4.69) is 20.8 Å². The maximum absolute atomic E-state index is 14.1. The molecule has 20 heavy (non-hydrogen) atoms. The zero-order chi connectivity index (χ0) is 14.3. The van der Waals surface area contributed by atoms with Gasteiger partial charge in [0.1, 0.15) is 18.3 Å². The fraction of sp³-hybridized carbons (Fsp3) is 0.167. The Balaban J connectivity index is 2.15. The van der Waals surface area contributed by atoms with Gasteiger partial charge in [0.05, 0.1) is 18.4 Å². The molecule has 0 saturated carbocycles. The average molecular weight is 279 g/mol. The van der Waals surface area contributed by atoms with Gasteiger partial charge in [-0.2, -0.15) is 4.39 Å². The van der Waals surface area contributed by atoms with Crippen molar-refractivity contribution in [3.05, 3.63) is 34.9 Å². The number of hydrazine groups is 1. The van der Waals surface area contributed by atoms with Crippen LogP contribution in [0.5, 0.6) is 5.75 Å². The molecule has 0 aromatic heterocycles. The van der Waals surface area contributed by atoms with E-state index in [1.54, 1.807) is 0 Å². The van der Waals surface area contributed by atoms with Gasteiger partial charge in [-0.05, 0) is 12.1 Å². The summed E-state index contributed by atoms with van der Waals surface area (Å²) in [6, 6.07) is 2.75. The number of methoxy groups -OCH3 is 1. The van der Waals surface area contributed by atoms with Gasteiger partial charge in [-0.25, -0.2) is 19.8 Å². The number of hydrogen-bond acceptors (Lipinski definition) is 6. The van der Waals surface area contributed by atoms with Crippen LogP contribution in [0.2, 0.25) is 0 Å². The fourth-order valence-corrected chi connectivity index (χ4v) is 2.12. The summed E-state index contributed by atoms with van der Waals surface area (Å²) in [6.07, 6.45) is 0.846. The van der Waals surface area contributed by atoms with Gasteiger partial charge in [0.2, 0.25) is 5.82 Å². The van der Waals surface area contributed by atoms with E-state index in [1.165, 1.54) is 25.6 Å². The van der Waals surface area contributed by atoms with Crippen molar-refractivity contribution in [2.75, 3.05) is 7.11 Å². The van der Waals surface area contributed by atoms with Crippen molar-refractivity contribution in [3.63, 3.8) is 0 Å². The van der Waals surface area contributed by atoms with Crippen molar-refractivity contribution >= 4 is 17.9 Å². The lowest BCUT2D eigenvalue weighted by Crippen LogP contribution is -2.35.